The van der Waals surface area contributed by atoms with Crippen LogP contribution in [0.25, 0.3) is 0 Å². The van der Waals surface area contributed by atoms with Crippen LogP contribution < -0.4 is 14.9 Å². The molecule has 14 heteroatoms. The molecule has 1 amide bonds. The summed E-state index contributed by atoms with van der Waals surface area (Å²) in [4.78, 5) is 13.8. The van der Waals surface area contributed by atoms with Crippen molar-refractivity contribution in [1.29, 1.82) is 0 Å². The van der Waals surface area contributed by atoms with Crippen LogP contribution in [0.15, 0.2) is 66.7 Å². The molecule has 48 heavy (non-hydrogen) atoms. The number of nitrogens with one attached hydrogen (secondary N) is 2. The lowest BCUT2D eigenvalue weighted by Gasteiger charge is -2.26. The van der Waals surface area contributed by atoms with Crippen LogP contribution in [0.4, 0.5) is 32.0 Å². The number of hydrogen-bond donors (Lipinski definition) is 3. The molecule has 3 aromatic rings. The lowest BCUT2D eigenvalue weighted by atomic mass is 9.94. The van der Waals surface area contributed by atoms with Crippen LogP contribution in [-0.2, 0) is 35.3 Å². The Labute approximate surface area is 275 Å². The Kier molecular flexibility index (Phi) is 10.8. The normalized spacial score (nSPS) is 18.2. The lowest BCUT2D eigenvalue weighted by molar-refractivity contribution is -0.143. The minimum atomic E-state index is -4.99. The van der Waals surface area contributed by atoms with Gasteiger partial charge >= 0.3 is 12.4 Å². The van der Waals surface area contributed by atoms with Crippen molar-refractivity contribution in [2.24, 2.45) is 0 Å². The van der Waals surface area contributed by atoms with Crippen molar-refractivity contribution in [3.05, 3.63) is 100 Å². The fourth-order valence-electron chi connectivity index (χ4n) is 6.37. The predicted molar refractivity (Wildman–Crippen MR) is 169 cm³/mol. The second-order valence-electron chi connectivity index (χ2n) is 12.4. The fraction of sp³-hybridized carbons (Fsp3) is 0.441. The molecule has 0 aromatic heterocycles. The summed E-state index contributed by atoms with van der Waals surface area (Å²) in [6.07, 6.45) is -6.80. The van der Waals surface area contributed by atoms with Crippen molar-refractivity contribution in [2.75, 3.05) is 23.1 Å². The molecule has 1 saturated carbocycles. The summed E-state index contributed by atoms with van der Waals surface area (Å²) >= 11 is 0. The van der Waals surface area contributed by atoms with Crippen molar-refractivity contribution in [3.63, 3.8) is 0 Å². The maximum atomic E-state index is 13.8. The third-order valence-electron chi connectivity index (χ3n) is 8.83. The van der Waals surface area contributed by atoms with Crippen LogP contribution in [0, 0.1) is 0 Å². The molecular weight excluding hydrogens is 660 g/mol. The summed E-state index contributed by atoms with van der Waals surface area (Å²) < 4.78 is 107. The minimum Gasteiger partial charge on any atom is -0.390 e. The van der Waals surface area contributed by atoms with Crippen LogP contribution in [0.2, 0.25) is 0 Å². The zero-order valence-electron chi connectivity index (χ0n) is 25.9. The summed E-state index contributed by atoms with van der Waals surface area (Å²) in [5.74, 6) is -0.371. The Morgan fingerprint density at radius 3 is 2.10 bits per heavy atom. The third-order valence-corrected chi connectivity index (χ3v) is 10.7. The molecule has 1 saturated heterocycles. The number of carbonyl (C=O) groups excluding carboxylic acids is 1. The first-order valence-corrected chi connectivity index (χ1v) is 17.4. The molecule has 2 aliphatic rings. The van der Waals surface area contributed by atoms with Gasteiger partial charge in [0.15, 0.2) is 0 Å². The number of sulfonamides is 1. The highest BCUT2D eigenvalue weighted by Gasteiger charge is 2.37. The number of nitrogens with zero attached hydrogens (tertiary/aromatic N) is 1. The van der Waals surface area contributed by atoms with Gasteiger partial charge in [0.2, 0.25) is 10.0 Å². The number of halogens is 6. The molecule has 2 fully saturated rings. The average Bonchev–Trinajstić information content (AvgIpc) is 3.69. The molecule has 5 rings (SSSR count). The molecule has 0 radical (unpaired) electrons. The molecule has 260 valence electrons. The standard InChI is InChI=1S/C34H37F6N3O4S/c35-33(36,37)27-13-23(14-28(19-27)34(38,39)40)20-41-21-31(44)30(15-22-7-2-1-3-8-22)42-32(45)26-16-25(24-9-4-5-10-24)17-29(18-26)43-11-6-12-48(43,46)47/h1-3,7-8,13-14,16-19,24,30-31,41,44H,4-6,9-12,15,20-21H2,(H,42,45)/t30-,31+/m0/s1. The molecule has 2 atom stereocenters. The number of amides is 1. The number of rotatable bonds is 11. The van der Waals surface area contributed by atoms with Gasteiger partial charge in [0.1, 0.15) is 0 Å². The van der Waals surface area contributed by atoms with Crippen LogP contribution in [0.5, 0.6) is 0 Å². The maximum Gasteiger partial charge on any atom is 0.416 e. The van der Waals surface area contributed by atoms with E-state index in [2.05, 4.69) is 10.6 Å². The summed E-state index contributed by atoms with van der Waals surface area (Å²) in [5, 5.41) is 16.8. The first-order chi connectivity index (χ1) is 22.6. The second kappa shape index (κ2) is 14.5. The predicted octanol–water partition coefficient (Wildman–Crippen LogP) is 6.41. The first kappa shape index (κ1) is 35.7. The van der Waals surface area contributed by atoms with Gasteiger partial charge in [0.05, 0.1) is 34.7 Å². The van der Waals surface area contributed by atoms with Crippen molar-refractivity contribution in [2.45, 2.75) is 75.5 Å². The number of hydrogen-bond acceptors (Lipinski definition) is 5. The van der Waals surface area contributed by atoms with Gasteiger partial charge in [-0.25, -0.2) is 8.42 Å². The fourth-order valence-corrected chi connectivity index (χ4v) is 7.91. The van der Waals surface area contributed by atoms with Crippen molar-refractivity contribution < 1.29 is 44.7 Å². The number of alkyl halides is 6. The number of aliphatic hydroxyl groups excluding tert-OH is 1. The molecule has 3 N–H and O–H groups in total. The molecule has 0 unspecified atom stereocenters. The second-order valence-corrected chi connectivity index (χ2v) is 14.4. The van der Waals surface area contributed by atoms with Gasteiger partial charge in [-0.1, -0.05) is 43.2 Å². The Bertz CT molecular complexity index is 1660. The molecule has 3 aromatic carbocycles. The molecule has 7 nitrogen and oxygen atoms in total. The Morgan fingerprint density at radius 2 is 1.52 bits per heavy atom. The maximum absolute atomic E-state index is 13.8. The van der Waals surface area contributed by atoms with E-state index in [-0.39, 0.29) is 41.8 Å². The van der Waals surface area contributed by atoms with Crippen LogP contribution in [-0.4, -0.2) is 50.4 Å². The molecule has 0 bridgehead atoms. The van der Waals surface area contributed by atoms with Gasteiger partial charge in [-0.15, -0.1) is 0 Å². The number of aliphatic hydroxyl groups is 1. The van der Waals surface area contributed by atoms with Gasteiger partial charge in [-0.3, -0.25) is 9.10 Å². The molecular formula is C34H37F6N3O4S. The Balaban J connectivity index is 1.36. The van der Waals surface area contributed by atoms with Crippen LogP contribution in [0.1, 0.15) is 76.2 Å². The Hall–Kier alpha value is -3.62. The Morgan fingerprint density at radius 1 is 0.875 bits per heavy atom. The highest BCUT2D eigenvalue weighted by atomic mass is 32.2. The molecule has 0 spiro atoms. The molecule has 1 aliphatic carbocycles. The highest BCUT2D eigenvalue weighted by Crippen LogP contribution is 2.38. The van der Waals surface area contributed by atoms with E-state index in [4.69, 9.17) is 0 Å². The largest absolute Gasteiger partial charge is 0.416 e. The van der Waals surface area contributed by atoms with E-state index >= 15 is 0 Å². The van der Waals surface area contributed by atoms with Gasteiger partial charge < -0.3 is 15.7 Å². The van der Waals surface area contributed by atoms with Crippen LogP contribution in [0.3, 0.4) is 0 Å². The molecule has 1 aliphatic heterocycles. The SMILES string of the molecule is O=C(N[C@@H](Cc1ccccc1)[C@H](O)CNCc1cc(C(F)(F)F)cc(C(F)(F)F)c1)c1cc(C2CCCC2)cc(N2CCCS2(=O)=O)c1. The van der Waals surface area contributed by atoms with E-state index in [9.17, 15) is 44.7 Å². The van der Waals surface area contributed by atoms with Gasteiger partial charge in [0, 0.05) is 25.2 Å². The number of benzene rings is 3. The van der Waals surface area contributed by atoms with E-state index in [1.807, 2.05) is 6.07 Å². The lowest BCUT2D eigenvalue weighted by Crippen LogP contribution is -2.48. The summed E-state index contributed by atoms with van der Waals surface area (Å²) in [6, 6.07) is 14.4. The van der Waals surface area contributed by atoms with Crippen LogP contribution >= 0.6 is 0 Å². The van der Waals surface area contributed by atoms with Crippen molar-refractivity contribution >= 4 is 21.6 Å². The van der Waals surface area contributed by atoms with Gasteiger partial charge in [0.25, 0.3) is 5.91 Å². The van der Waals surface area contributed by atoms with Gasteiger partial charge in [-0.2, -0.15) is 26.3 Å². The smallest absolute Gasteiger partial charge is 0.390 e. The quantitative estimate of drug-likeness (QED) is 0.201. The van der Waals surface area contributed by atoms with E-state index < -0.39 is 58.1 Å². The van der Waals surface area contributed by atoms with Crippen molar-refractivity contribution in [1.82, 2.24) is 10.6 Å². The number of carbonyl (C=O) groups is 1. The topological polar surface area (TPSA) is 98.7 Å². The van der Waals surface area contributed by atoms with Gasteiger partial charge in [-0.05, 0) is 84.7 Å². The summed E-state index contributed by atoms with van der Waals surface area (Å²) in [6.45, 7) is -0.378. The zero-order chi connectivity index (χ0) is 34.7. The number of anilines is 1. The highest BCUT2D eigenvalue weighted by molar-refractivity contribution is 7.93. The summed E-state index contributed by atoms with van der Waals surface area (Å²) in [5.41, 5.74) is -0.909. The minimum absolute atomic E-state index is 0.0124. The van der Waals surface area contributed by atoms with E-state index in [1.165, 1.54) is 10.4 Å². The average molecular weight is 698 g/mol. The zero-order valence-corrected chi connectivity index (χ0v) is 26.8. The third kappa shape index (κ3) is 8.88. The molecule has 1 heterocycles. The van der Waals surface area contributed by atoms with E-state index in [1.54, 1.807) is 36.4 Å². The monoisotopic (exact) mass is 697 g/mol. The first-order valence-electron chi connectivity index (χ1n) is 15.8. The summed E-state index contributed by atoms with van der Waals surface area (Å²) in [7, 11) is -3.53. The van der Waals surface area contributed by atoms with Crippen molar-refractivity contribution in [3.8, 4) is 0 Å². The van der Waals surface area contributed by atoms with E-state index in [0.717, 1.165) is 36.8 Å². The van der Waals surface area contributed by atoms with E-state index in [0.29, 0.717) is 30.8 Å².